The predicted molar refractivity (Wildman–Crippen MR) is 119 cm³/mol. The van der Waals surface area contributed by atoms with E-state index in [1.807, 2.05) is 48.5 Å². The van der Waals surface area contributed by atoms with Crippen LogP contribution in [0.2, 0.25) is 0 Å². The summed E-state index contributed by atoms with van der Waals surface area (Å²) in [7, 11) is -1.90. The van der Waals surface area contributed by atoms with Crippen LogP contribution in [0, 0.1) is 5.92 Å². The van der Waals surface area contributed by atoms with E-state index < -0.39 is 21.5 Å². The Labute approximate surface area is 187 Å². The molecule has 2 N–H and O–H groups in total. The molecule has 0 bridgehead atoms. The number of benzene rings is 2. The summed E-state index contributed by atoms with van der Waals surface area (Å²) in [5, 5.41) is 9.88. The molecule has 2 heterocycles. The van der Waals surface area contributed by atoms with Gasteiger partial charge in [0.1, 0.15) is 5.75 Å². The number of nitrogens with one attached hydrogen (secondary N) is 1. The number of anilines is 1. The Kier molecular flexibility index (Phi) is 5.96. The minimum atomic E-state index is -3.49. The van der Waals surface area contributed by atoms with Crippen molar-refractivity contribution < 1.29 is 27.9 Å². The fraction of sp³-hybridized carbons (Fsp3) is 0.391. The van der Waals surface area contributed by atoms with Crippen LogP contribution in [0.4, 0.5) is 5.69 Å². The monoisotopic (exact) mass is 458 g/mol. The first-order valence-electron chi connectivity index (χ1n) is 10.5. The molecule has 170 valence electrons. The van der Waals surface area contributed by atoms with Crippen molar-refractivity contribution in [1.82, 2.24) is 4.31 Å². The molecule has 32 heavy (non-hydrogen) atoms. The molecule has 2 aliphatic heterocycles. The van der Waals surface area contributed by atoms with Crippen LogP contribution in [0.5, 0.6) is 5.75 Å². The van der Waals surface area contributed by atoms with Gasteiger partial charge in [0, 0.05) is 12.2 Å². The molecular weight excluding hydrogens is 432 g/mol. The number of hydrogen-bond acceptors (Lipinski definition) is 5. The Morgan fingerprint density at radius 3 is 2.62 bits per heavy atom. The third-order valence-corrected chi connectivity index (χ3v) is 8.45. The molecule has 1 saturated carbocycles. The van der Waals surface area contributed by atoms with E-state index in [4.69, 9.17) is 14.6 Å². The van der Waals surface area contributed by atoms with Crippen LogP contribution in [0.1, 0.15) is 36.4 Å². The van der Waals surface area contributed by atoms with E-state index in [2.05, 4.69) is 5.32 Å². The molecule has 8 nitrogen and oxygen atoms in total. The van der Waals surface area contributed by atoms with Crippen molar-refractivity contribution in [1.29, 1.82) is 0 Å². The van der Waals surface area contributed by atoms with E-state index in [0.717, 1.165) is 29.7 Å². The second-order valence-electron chi connectivity index (χ2n) is 8.34. The number of amides is 1. The van der Waals surface area contributed by atoms with Gasteiger partial charge in [0.15, 0.2) is 0 Å². The molecule has 1 aliphatic carbocycles. The quantitative estimate of drug-likeness (QED) is 0.666. The van der Waals surface area contributed by atoms with Crippen LogP contribution < -0.4 is 10.1 Å². The Bertz CT molecular complexity index is 1130. The second-order valence-corrected chi connectivity index (χ2v) is 10.3. The molecular formula is C23H26N2O6S. The second kappa shape index (κ2) is 8.55. The lowest BCUT2D eigenvalue weighted by Crippen LogP contribution is -2.43. The van der Waals surface area contributed by atoms with Crippen LogP contribution in [-0.4, -0.2) is 49.6 Å². The molecule has 2 aromatic rings. The van der Waals surface area contributed by atoms with Gasteiger partial charge in [-0.05, 0) is 54.5 Å². The highest BCUT2D eigenvalue weighted by Crippen LogP contribution is 2.56. The minimum absolute atomic E-state index is 0.129. The maximum Gasteiger partial charge on any atom is 0.290 e. The van der Waals surface area contributed by atoms with Crippen molar-refractivity contribution in [2.45, 2.75) is 30.7 Å². The van der Waals surface area contributed by atoms with Crippen LogP contribution >= 0.6 is 0 Å². The summed E-state index contributed by atoms with van der Waals surface area (Å²) in [6, 6.07) is 14.5. The normalized spacial score (nSPS) is 24.4. The Morgan fingerprint density at radius 2 is 1.94 bits per heavy atom. The van der Waals surface area contributed by atoms with Crippen molar-refractivity contribution in [3.8, 4) is 5.75 Å². The molecule has 5 rings (SSSR count). The number of nitrogens with zero attached hydrogens (tertiary/aromatic N) is 1. The van der Waals surface area contributed by atoms with Crippen molar-refractivity contribution >= 4 is 28.1 Å². The van der Waals surface area contributed by atoms with Gasteiger partial charge < -0.3 is 15.2 Å². The van der Waals surface area contributed by atoms with Gasteiger partial charge >= 0.3 is 0 Å². The van der Waals surface area contributed by atoms with Crippen LogP contribution in [0.15, 0.2) is 48.5 Å². The van der Waals surface area contributed by atoms with Gasteiger partial charge in [-0.3, -0.25) is 9.59 Å². The summed E-state index contributed by atoms with van der Waals surface area (Å²) >= 11 is 0. The van der Waals surface area contributed by atoms with Gasteiger partial charge in [0.25, 0.3) is 6.47 Å². The van der Waals surface area contributed by atoms with E-state index in [9.17, 15) is 13.2 Å². The summed E-state index contributed by atoms with van der Waals surface area (Å²) in [5.41, 5.74) is 1.50. The van der Waals surface area contributed by atoms with E-state index in [0.29, 0.717) is 18.7 Å². The lowest BCUT2D eigenvalue weighted by Gasteiger charge is -2.34. The van der Waals surface area contributed by atoms with E-state index in [1.54, 1.807) is 11.4 Å². The summed E-state index contributed by atoms with van der Waals surface area (Å²) in [5.74, 6) is 0.922. The summed E-state index contributed by atoms with van der Waals surface area (Å²) in [6.45, 7) is 0.0820. The number of hydrogen-bond donors (Lipinski definition) is 2. The number of sulfonamides is 1. The number of carbonyl (C=O) groups excluding carboxylic acids is 1. The maximum absolute atomic E-state index is 13.3. The fourth-order valence-corrected chi connectivity index (χ4v) is 7.01. The maximum atomic E-state index is 13.3. The first-order valence-corrected chi connectivity index (χ1v) is 12.1. The highest BCUT2D eigenvalue weighted by atomic mass is 32.2. The SMILES string of the molecule is COc1cccc([C@@H]2N(S(=O)(=O)CC3CC3)CC[C@]23C(=O)Nc2ccccc23)c1.O=CO. The zero-order valence-corrected chi connectivity index (χ0v) is 18.5. The topological polar surface area (TPSA) is 113 Å². The number of carboxylic acid groups (broad SMARTS) is 1. The molecule has 0 aromatic heterocycles. The molecule has 0 unspecified atom stereocenters. The Hall–Kier alpha value is -2.91. The number of methoxy groups -OCH3 is 1. The van der Waals surface area contributed by atoms with Gasteiger partial charge in [-0.2, -0.15) is 4.31 Å². The molecule has 2 fully saturated rings. The Balaban J connectivity index is 0.000000775. The van der Waals surface area contributed by atoms with Crippen molar-refractivity contribution in [2.24, 2.45) is 5.92 Å². The number of para-hydroxylation sites is 1. The van der Waals surface area contributed by atoms with Crippen molar-refractivity contribution in [3.05, 3.63) is 59.7 Å². The highest BCUT2D eigenvalue weighted by molar-refractivity contribution is 7.89. The lowest BCUT2D eigenvalue weighted by molar-refractivity contribution is -0.123. The standard InChI is InChI=1S/C22H24N2O4S.CH2O2/c1-28-17-6-4-5-16(13-17)20-22(18-7-2-3-8-19(18)23-21(22)25)11-12-24(20)29(26,27)14-15-9-10-15;2-1-3/h2-8,13,15,20H,9-12,14H2,1H3,(H,23,25);1H,(H,2,3)/t20-,22+;/m0./s1. The Morgan fingerprint density at radius 1 is 1.22 bits per heavy atom. The zero-order chi connectivity index (χ0) is 22.9. The summed E-state index contributed by atoms with van der Waals surface area (Å²) in [4.78, 5) is 21.7. The van der Waals surface area contributed by atoms with Gasteiger partial charge in [0.05, 0.1) is 24.3 Å². The van der Waals surface area contributed by atoms with Crippen molar-refractivity contribution in [3.63, 3.8) is 0 Å². The van der Waals surface area contributed by atoms with Gasteiger partial charge in [0.2, 0.25) is 15.9 Å². The largest absolute Gasteiger partial charge is 0.497 e. The molecule has 1 amide bonds. The lowest BCUT2D eigenvalue weighted by atomic mass is 9.73. The third kappa shape index (κ3) is 3.75. The van der Waals surface area contributed by atoms with Gasteiger partial charge in [-0.15, -0.1) is 0 Å². The predicted octanol–water partition coefficient (Wildman–Crippen LogP) is 2.77. The summed E-state index contributed by atoms with van der Waals surface area (Å²) in [6.07, 6.45) is 2.39. The van der Waals surface area contributed by atoms with Gasteiger partial charge in [-0.1, -0.05) is 30.3 Å². The van der Waals surface area contributed by atoms with Crippen LogP contribution in [-0.2, 0) is 25.0 Å². The first kappa shape index (κ1) is 22.3. The molecule has 1 saturated heterocycles. The van der Waals surface area contributed by atoms with Crippen LogP contribution in [0.3, 0.4) is 0 Å². The minimum Gasteiger partial charge on any atom is -0.497 e. The van der Waals surface area contributed by atoms with E-state index in [1.165, 1.54) is 0 Å². The molecule has 3 aliphatic rings. The van der Waals surface area contributed by atoms with Gasteiger partial charge in [-0.25, -0.2) is 8.42 Å². The third-order valence-electron chi connectivity index (χ3n) is 6.45. The van der Waals surface area contributed by atoms with E-state index >= 15 is 0 Å². The number of fused-ring (bicyclic) bond motifs is 2. The molecule has 2 aromatic carbocycles. The molecule has 0 radical (unpaired) electrons. The average Bonchev–Trinajstić information content (AvgIpc) is 3.40. The first-order chi connectivity index (χ1) is 15.4. The molecule has 9 heteroatoms. The smallest absolute Gasteiger partial charge is 0.290 e. The van der Waals surface area contributed by atoms with E-state index in [-0.39, 0.29) is 24.1 Å². The number of rotatable bonds is 5. The molecule has 1 spiro atoms. The highest BCUT2D eigenvalue weighted by Gasteiger charge is 2.60. The number of ether oxygens (including phenoxy) is 1. The molecule has 2 atom stereocenters. The van der Waals surface area contributed by atoms with Crippen LogP contribution in [0.25, 0.3) is 0 Å². The average molecular weight is 459 g/mol. The number of carbonyl (C=O) groups is 2. The van der Waals surface area contributed by atoms with Crippen molar-refractivity contribution in [2.75, 3.05) is 24.7 Å². The zero-order valence-electron chi connectivity index (χ0n) is 17.7. The summed E-state index contributed by atoms with van der Waals surface area (Å²) < 4.78 is 33.6. The fourth-order valence-electron chi connectivity index (χ4n) is 4.90.